The van der Waals surface area contributed by atoms with E-state index in [0.717, 1.165) is 16.9 Å². The number of methoxy groups -OCH3 is 1. The molecule has 0 saturated carbocycles. The zero-order chi connectivity index (χ0) is 21.8. The van der Waals surface area contributed by atoms with Crippen LogP contribution < -0.4 is 14.8 Å². The fourth-order valence-corrected chi connectivity index (χ4v) is 4.19. The summed E-state index contributed by atoms with van der Waals surface area (Å²) in [6.45, 7) is 2.78. The van der Waals surface area contributed by atoms with Crippen LogP contribution in [0.2, 0.25) is 0 Å². The molecule has 3 aromatic rings. The number of carbonyl (C=O) groups excluding carboxylic acids is 2. The summed E-state index contributed by atoms with van der Waals surface area (Å²) < 4.78 is 11.3. The molecule has 1 aromatic heterocycles. The number of rotatable bonds is 6. The minimum atomic E-state index is -0.543. The highest BCUT2D eigenvalue weighted by Gasteiger charge is 2.30. The zero-order valence-electron chi connectivity index (χ0n) is 17.5. The lowest BCUT2D eigenvalue weighted by Crippen LogP contribution is -2.38. The molecule has 2 amide bonds. The number of anilines is 1. The van der Waals surface area contributed by atoms with Crippen LogP contribution in [-0.4, -0.2) is 29.9 Å². The molecule has 1 unspecified atom stereocenters. The molecule has 0 radical (unpaired) electrons. The molecule has 1 N–H and O–H groups in total. The second kappa shape index (κ2) is 9.22. The highest BCUT2D eigenvalue weighted by Crippen LogP contribution is 2.30. The van der Waals surface area contributed by atoms with Gasteiger partial charge in [0.1, 0.15) is 11.5 Å². The van der Waals surface area contributed by atoms with Crippen molar-refractivity contribution in [1.29, 1.82) is 0 Å². The summed E-state index contributed by atoms with van der Waals surface area (Å²) in [6, 6.07) is 16.8. The Balaban J connectivity index is 1.59. The van der Waals surface area contributed by atoms with Crippen molar-refractivity contribution in [2.24, 2.45) is 0 Å². The first kappa shape index (κ1) is 20.9. The molecule has 0 bridgehead atoms. The molecule has 1 aliphatic heterocycles. The minimum Gasteiger partial charge on any atom is -0.497 e. The van der Waals surface area contributed by atoms with Crippen molar-refractivity contribution < 1.29 is 19.1 Å². The lowest BCUT2D eigenvalue weighted by molar-refractivity contribution is -0.139. The van der Waals surface area contributed by atoms with E-state index in [1.54, 1.807) is 24.1 Å². The van der Waals surface area contributed by atoms with Gasteiger partial charge in [-0.05, 0) is 53.8 Å². The lowest BCUT2D eigenvalue weighted by Gasteiger charge is -2.23. The largest absolute Gasteiger partial charge is 0.497 e. The first-order chi connectivity index (χ1) is 15.1. The maximum Gasteiger partial charge on any atom is 0.265 e. The number of hydrogen-bond donors (Lipinski definition) is 1. The zero-order valence-corrected chi connectivity index (χ0v) is 18.3. The minimum absolute atomic E-state index is 0.0503. The van der Waals surface area contributed by atoms with Crippen LogP contribution in [0.25, 0.3) is 0 Å². The number of hydrogen-bond acceptors (Lipinski definition) is 5. The topological polar surface area (TPSA) is 67.9 Å². The molecule has 4 rings (SSSR count). The molecule has 7 heteroatoms. The molecule has 31 heavy (non-hydrogen) atoms. The fourth-order valence-electron chi connectivity index (χ4n) is 3.57. The molecule has 1 atom stereocenters. The van der Waals surface area contributed by atoms with E-state index in [9.17, 15) is 9.59 Å². The number of carbonyl (C=O) groups is 2. The second-order valence-electron chi connectivity index (χ2n) is 7.31. The van der Waals surface area contributed by atoms with E-state index >= 15 is 0 Å². The molecule has 160 valence electrons. The monoisotopic (exact) mass is 436 g/mol. The SMILES string of the molecule is CCC1Oc2ccc(NC(=O)c3cccs3)cc2CN(Cc2cccc(OC)c2)C1=O. The number of benzene rings is 2. The third kappa shape index (κ3) is 4.72. The Hall–Kier alpha value is -3.32. The van der Waals surface area contributed by atoms with Gasteiger partial charge in [0.05, 0.1) is 12.0 Å². The van der Waals surface area contributed by atoms with Crippen LogP contribution in [0.15, 0.2) is 60.0 Å². The van der Waals surface area contributed by atoms with E-state index < -0.39 is 6.10 Å². The van der Waals surface area contributed by atoms with Gasteiger partial charge in [-0.25, -0.2) is 0 Å². The molecule has 1 aliphatic rings. The highest BCUT2D eigenvalue weighted by atomic mass is 32.1. The predicted molar refractivity (Wildman–Crippen MR) is 121 cm³/mol. The van der Waals surface area contributed by atoms with Gasteiger partial charge in [-0.2, -0.15) is 0 Å². The average molecular weight is 437 g/mol. The Labute approximate surface area is 185 Å². The number of amides is 2. The van der Waals surface area contributed by atoms with Crippen molar-refractivity contribution in [3.05, 3.63) is 76.0 Å². The van der Waals surface area contributed by atoms with Gasteiger partial charge in [0.2, 0.25) is 0 Å². The van der Waals surface area contributed by atoms with E-state index in [0.29, 0.717) is 35.8 Å². The Morgan fingerprint density at radius 1 is 1.23 bits per heavy atom. The average Bonchev–Trinajstić information content (AvgIpc) is 3.29. The van der Waals surface area contributed by atoms with E-state index in [-0.39, 0.29) is 11.8 Å². The summed E-state index contributed by atoms with van der Waals surface area (Å²) >= 11 is 1.39. The van der Waals surface area contributed by atoms with Gasteiger partial charge in [-0.1, -0.05) is 25.1 Å². The lowest BCUT2D eigenvalue weighted by atomic mass is 10.1. The molecular weight excluding hydrogens is 412 g/mol. The maximum atomic E-state index is 13.1. The molecular formula is C24H24N2O4S. The molecule has 0 aliphatic carbocycles. The number of nitrogens with one attached hydrogen (secondary N) is 1. The highest BCUT2D eigenvalue weighted by molar-refractivity contribution is 7.12. The fraction of sp³-hybridized carbons (Fsp3) is 0.250. The Morgan fingerprint density at radius 2 is 2.10 bits per heavy atom. The first-order valence-corrected chi connectivity index (χ1v) is 11.0. The number of fused-ring (bicyclic) bond motifs is 1. The quantitative estimate of drug-likeness (QED) is 0.608. The van der Waals surface area contributed by atoms with Crippen LogP contribution in [0.4, 0.5) is 5.69 Å². The van der Waals surface area contributed by atoms with Crippen LogP contribution in [0.3, 0.4) is 0 Å². The summed E-state index contributed by atoms with van der Waals surface area (Å²) in [5, 5.41) is 4.79. The Morgan fingerprint density at radius 3 is 2.84 bits per heavy atom. The molecule has 0 spiro atoms. The predicted octanol–water partition coefficient (Wildman–Crippen LogP) is 4.71. The second-order valence-corrected chi connectivity index (χ2v) is 8.26. The van der Waals surface area contributed by atoms with Gasteiger partial charge in [0.15, 0.2) is 6.10 Å². The van der Waals surface area contributed by atoms with Crippen LogP contribution in [0.1, 0.15) is 34.1 Å². The summed E-state index contributed by atoms with van der Waals surface area (Å²) in [4.78, 5) is 28.0. The number of nitrogens with zero attached hydrogens (tertiary/aromatic N) is 1. The first-order valence-electron chi connectivity index (χ1n) is 10.1. The molecule has 2 aromatic carbocycles. The summed E-state index contributed by atoms with van der Waals surface area (Å²) in [6.07, 6.45) is 0.0300. The van der Waals surface area contributed by atoms with Crippen molar-refractivity contribution in [3.8, 4) is 11.5 Å². The van der Waals surface area contributed by atoms with Gasteiger partial charge in [0, 0.05) is 24.3 Å². The summed E-state index contributed by atoms with van der Waals surface area (Å²) in [7, 11) is 1.62. The molecule has 0 fully saturated rings. The van der Waals surface area contributed by atoms with Crippen molar-refractivity contribution in [2.75, 3.05) is 12.4 Å². The van der Waals surface area contributed by atoms with Crippen molar-refractivity contribution in [1.82, 2.24) is 4.90 Å². The Kier molecular flexibility index (Phi) is 6.23. The third-order valence-corrected chi connectivity index (χ3v) is 6.03. The van der Waals surface area contributed by atoms with Crippen LogP contribution in [0.5, 0.6) is 11.5 Å². The van der Waals surface area contributed by atoms with E-state index in [4.69, 9.17) is 9.47 Å². The number of ether oxygens (including phenoxy) is 2. The smallest absolute Gasteiger partial charge is 0.265 e. The molecule has 2 heterocycles. The van der Waals surface area contributed by atoms with E-state index in [1.807, 2.05) is 54.8 Å². The Bertz CT molecular complexity index is 1080. The van der Waals surface area contributed by atoms with Crippen molar-refractivity contribution in [2.45, 2.75) is 32.5 Å². The van der Waals surface area contributed by atoms with Gasteiger partial charge in [-0.3, -0.25) is 9.59 Å². The third-order valence-electron chi connectivity index (χ3n) is 5.16. The number of thiophene rings is 1. The summed E-state index contributed by atoms with van der Waals surface area (Å²) in [5.41, 5.74) is 2.51. The van der Waals surface area contributed by atoms with Crippen molar-refractivity contribution >= 4 is 28.8 Å². The van der Waals surface area contributed by atoms with Crippen molar-refractivity contribution in [3.63, 3.8) is 0 Å². The standard InChI is InChI=1S/C24H24N2O4S/c1-3-20-24(28)26(14-16-6-4-7-19(12-16)29-2)15-17-13-18(9-10-21(17)30-20)25-23(27)22-8-5-11-31-22/h4-13,20H,3,14-15H2,1-2H3,(H,25,27). The van der Waals surface area contributed by atoms with E-state index in [1.165, 1.54) is 11.3 Å². The molecule has 0 saturated heterocycles. The molecule has 6 nitrogen and oxygen atoms in total. The van der Waals surface area contributed by atoms with Gasteiger partial charge in [0.25, 0.3) is 11.8 Å². The van der Waals surface area contributed by atoms with Crippen LogP contribution in [-0.2, 0) is 17.9 Å². The summed E-state index contributed by atoms with van der Waals surface area (Å²) in [5.74, 6) is 1.22. The van der Waals surface area contributed by atoms with Crippen LogP contribution >= 0.6 is 11.3 Å². The maximum absolute atomic E-state index is 13.1. The van der Waals surface area contributed by atoms with Gasteiger partial charge < -0.3 is 19.7 Å². The van der Waals surface area contributed by atoms with E-state index in [2.05, 4.69) is 5.32 Å². The van der Waals surface area contributed by atoms with Crippen LogP contribution in [0, 0.1) is 0 Å². The normalized spacial score (nSPS) is 15.6. The van der Waals surface area contributed by atoms with Gasteiger partial charge in [-0.15, -0.1) is 11.3 Å². The van der Waals surface area contributed by atoms with Gasteiger partial charge >= 0.3 is 0 Å².